The van der Waals surface area contributed by atoms with Crippen LogP contribution in [0.1, 0.15) is 121 Å². The van der Waals surface area contributed by atoms with Gasteiger partial charge in [0.15, 0.2) is 0 Å². The summed E-state index contributed by atoms with van der Waals surface area (Å²) < 4.78 is 10.8. The third-order valence-corrected chi connectivity index (χ3v) is 18.7. The first-order valence-electron chi connectivity index (χ1n) is 23.7. The zero-order valence-electron chi connectivity index (χ0n) is 38.8. The molecule has 0 radical (unpaired) electrons. The van der Waals surface area contributed by atoms with Crippen LogP contribution in [0.2, 0.25) is 0 Å². The van der Waals surface area contributed by atoms with Crippen LogP contribution in [0.15, 0.2) is 106 Å². The number of imide groups is 6. The van der Waals surface area contributed by atoms with Crippen LogP contribution in [0.25, 0.3) is 31.7 Å². The van der Waals surface area contributed by atoms with Crippen molar-refractivity contribution < 1.29 is 38.2 Å². The lowest BCUT2D eigenvalue weighted by atomic mass is 9.61. The molecule has 2 aromatic carbocycles. The van der Waals surface area contributed by atoms with Crippen molar-refractivity contribution in [3.05, 3.63) is 149 Å². The number of fused-ring (bicyclic) bond motifs is 11. The Morgan fingerprint density at radius 1 is 0.563 bits per heavy atom. The molecule has 11 rings (SSSR count). The molecule has 2 spiro atoms. The van der Waals surface area contributed by atoms with E-state index in [-0.39, 0.29) is 57.5 Å². The number of thiophene rings is 3. The summed E-state index contributed by atoms with van der Waals surface area (Å²) in [4.78, 5) is 89.2. The van der Waals surface area contributed by atoms with Gasteiger partial charge in [-0.15, -0.1) is 34.0 Å². The second kappa shape index (κ2) is 17.8. The van der Waals surface area contributed by atoms with Gasteiger partial charge in [-0.1, -0.05) is 99.2 Å². The van der Waals surface area contributed by atoms with E-state index in [2.05, 4.69) is 12.1 Å². The molecule has 0 bridgehead atoms. The molecule has 2 fully saturated rings. The van der Waals surface area contributed by atoms with Crippen LogP contribution in [-0.2, 0) is 52.7 Å². The highest BCUT2D eigenvalue weighted by Gasteiger charge is 2.56. The van der Waals surface area contributed by atoms with Crippen LogP contribution < -0.4 is 0 Å². The van der Waals surface area contributed by atoms with E-state index in [0.29, 0.717) is 20.9 Å². The summed E-state index contributed by atoms with van der Waals surface area (Å²) in [5, 5.41) is 20.3. The molecule has 6 amide bonds. The quantitative estimate of drug-likeness (QED) is 0.118. The number of hydrogen-bond acceptors (Lipinski definition) is 13. The maximum Gasteiger partial charge on any atom is 0.424 e. The van der Waals surface area contributed by atoms with Crippen molar-refractivity contribution in [2.75, 3.05) is 0 Å². The Labute approximate surface area is 421 Å². The molecule has 15 heteroatoms. The van der Waals surface area contributed by atoms with Gasteiger partial charge in [0.05, 0.1) is 0 Å². The lowest BCUT2D eigenvalue weighted by Crippen LogP contribution is -2.46. The number of benzene rings is 2. The number of nitriles is 2. The molecule has 5 heterocycles. The first-order valence-corrected chi connectivity index (χ1v) is 26.2. The van der Waals surface area contributed by atoms with Crippen LogP contribution in [0.5, 0.6) is 0 Å². The fourth-order valence-corrected chi connectivity index (χ4v) is 15.8. The molecule has 3 aromatic heterocycles. The Morgan fingerprint density at radius 3 is 1.31 bits per heavy atom. The number of rotatable bonds is 6. The van der Waals surface area contributed by atoms with Crippen LogP contribution >= 0.6 is 34.0 Å². The van der Waals surface area contributed by atoms with Gasteiger partial charge in [-0.2, -0.15) is 20.3 Å². The van der Waals surface area contributed by atoms with Gasteiger partial charge in [0.1, 0.15) is 36.5 Å². The van der Waals surface area contributed by atoms with Crippen molar-refractivity contribution in [3.63, 3.8) is 0 Å². The van der Waals surface area contributed by atoms with Gasteiger partial charge in [0.2, 0.25) is 0 Å². The Morgan fingerprint density at radius 2 is 0.944 bits per heavy atom. The van der Waals surface area contributed by atoms with Gasteiger partial charge in [-0.3, -0.25) is 19.2 Å². The second-order valence-electron chi connectivity index (χ2n) is 18.9. The zero-order valence-corrected chi connectivity index (χ0v) is 41.3. The molecule has 4 aliphatic carbocycles. The van der Waals surface area contributed by atoms with Crippen LogP contribution in [0, 0.1) is 22.7 Å². The summed E-state index contributed by atoms with van der Waals surface area (Å²) in [6.07, 6.45) is 11.5. The average molecular weight is 997 g/mol. The molecule has 2 saturated carbocycles. The zero-order chi connectivity index (χ0) is 49.3. The van der Waals surface area contributed by atoms with Crippen molar-refractivity contribution in [1.82, 2.24) is 9.80 Å². The molecule has 5 aromatic rings. The fraction of sp³-hybridized carbons (Fsp3) is 0.286. The highest BCUT2D eigenvalue weighted by molar-refractivity contribution is 7.27. The predicted molar refractivity (Wildman–Crippen MR) is 268 cm³/mol. The van der Waals surface area contributed by atoms with Crippen molar-refractivity contribution in [2.24, 2.45) is 0 Å². The summed E-state index contributed by atoms with van der Waals surface area (Å²) >= 11 is 4.94. The minimum Gasteiger partial charge on any atom is -0.444 e. The van der Waals surface area contributed by atoms with E-state index in [1.165, 1.54) is 32.0 Å². The highest BCUT2D eigenvalue weighted by Crippen LogP contribution is 2.70. The molecule has 2 aliphatic heterocycles. The van der Waals surface area contributed by atoms with E-state index in [9.17, 15) is 39.3 Å². The van der Waals surface area contributed by atoms with Gasteiger partial charge in [-0.05, 0) is 108 Å². The first kappa shape index (κ1) is 46.1. The Balaban J connectivity index is 0.978. The monoisotopic (exact) mass is 996 g/mol. The van der Waals surface area contributed by atoms with Gasteiger partial charge < -0.3 is 9.47 Å². The van der Waals surface area contributed by atoms with E-state index in [1.807, 2.05) is 24.3 Å². The van der Waals surface area contributed by atoms with Crippen LogP contribution in [-0.4, -0.2) is 45.6 Å². The molecule has 71 heavy (non-hydrogen) atoms. The fourth-order valence-electron chi connectivity index (χ4n) is 11.6. The second-order valence-corrected chi connectivity index (χ2v) is 22.1. The first-order chi connectivity index (χ1) is 34.4. The van der Waals surface area contributed by atoms with Crippen LogP contribution in [0.4, 0.5) is 9.59 Å². The van der Waals surface area contributed by atoms with Crippen molar-refractivity contribution in [1.29, 1.82) is 10.5 Å². The maximum atomic E-state index is 14.2. The molecule has 12 nitrogen and oxygen atoms in total. The number of carbonyl (C=O) groups is 6. The minimum atomic E-state index is -1.15. The summed E-state index contributed by atoms with van der Waals surface area (Å²) in [5.74, 6) is -3.71. The number of amides is 6. The van der Waals surface area contributed by atoms with Gasteiger partial charge in [-0.25, -0.2) is 9.59 Å². The lowest BCUT2D eigenvalue weighted by molar-refractivity contribution is -0.140. The molecule has 0 atom stereocenters. The van der Waals surface area contributed by atoms with Gasteiger partial charge >= 0.3 is 12.2 Å². The Kier molecular flexibility index (Phi) is 11.6. The summed E-state index contributed by atoms with van der Waals surface area (Å²) in [6, 6.07) is 26.1. The van der Waals surface area contributed by atoms with Crippen molar-refractivity contribution in [3.8, 4) is 31.6 Å². The molecule has 0 N–H and O–H groups in total. The average Bonchev–Trinajstić information content (AvgIpc) is 4.19. The largest absolute Gasteiger partial charge is 0.444 e. The molecular weight excluding hydrogens is 953 g/mol. The minimum absolute atomic E-state index is 0.0790. The third-order valence-electron chi connectivity index (χ3n) is 15.1. The SMILES string of the molecule is CC1=C(C#N)C(=O)N(C(=O)OCc2ccccc2)C(=O)/C1=C/c1cc2c(s1)-c1sc3c(c1C21CCCCC1)C1(CCCCC1)c1cc(/C=C2/C(=O)N(C(=O)OCc4ccccc4)C(=O)C(C#N)=C2C)sc1-3. The van der Waals surface area contributed by atoms with Crippen molar-refractivity contribution in [2.45, 2.75) is 102 Å². The van der Waals surface area contributed by atoms with E-state index < -0.39 is 35.8 Å². The van der Waals surface area contributed by atoms with E-state index in [4.69, 9.17) is 9.47 Å². The molecule has 0 saturated heterocycles. The molecule has 6 aliphatic rings. The van der Waals surface area contributed by atoms with Crippen molar-refractivity contribution >= 4 is 82.0 Å². The highest BCUT2D eigenvalue weighted by atomic mass is 32.1. The topological polar surface area (TPSA) is 175 Å². The number of hydrogen-bond donors (Lipinski definition) is 0. The summed E-state index contributed by atoms with van der Waals surface area (Å²) in [7, 11) is 0. The Hall–Kier alpha value is -7.30. The maximum absolute atomic E-state index is 14.2. The summed E-state index contributed by atoms with van der Waals surface area (Å²) in [5.41, 5.74) is 6.10. The van der Waals surface area contributed by atoms with Gasteiger partial charge in [0.25, 0.3) is 23.6 Å². The van der Waals surface area contributed by atoms with E-state index in [1.54, 1.807) is 109 Å². The van der Waals surface area contributed by atoms with Gasteiger partial charge in [0, 0.05) is 51.2 Å². The summed E-state index contributed by atoms with van der Waals surface area (Å²) in [6.45, 7) is 2.81. The lowest BCUT2D eigenvalue weighted by Gasteiger charge is -2.41. The molecular formula is C56H44N4O8S3. The van der Waals surface area contributed by atoms with E-state index >= 15 is 0 Å². The smallest absolute Gasteiger partial charge is 0.424 e. The molecule has 354 valence electrons. The third kappa shape index (κ3) is 7.23. The molecule has 0 unspecified atom stereocenters. The predicted octanol–water partition coefficient (Wildman–Crippen LogP) is 12.2. The number of ether oxygens (including phenoxy) is 2. The number of carbonyl (C=O) groups excluding carboxylic acids is 6. The van der Waals surface area contributed by atoms with Crippen LogP contribution in [0.3, 0.4) is 0 Å². The Bertz CT molecular complexity index is 3170. The standard InChI is InChI=1S/C56H44N4O8S3/c1-31-37(49(61)59(51(63)39(31)27-57)53(65)67-29-33-15-7-3-8-16-33)23-35-25-41-45(69-35)47-43(55(41)19-11-5-12-20-55)44-48(71-47)46-42(56(44)21-13-6-14-22-56)26-36(70-46)24-38-32(2)40(28-58)52(64)60(50(38)62)54(66)68-30-34-17-9-4-10-18-34/h3-4,7-10,15-18,23-26H,5-6,11-14,19-22,29-30H2,1-2H3/b37-23+,38-24+. The number of nitrogens with zero attached hydrogens (tertiary/aromatic N) is 4. The normalized spacial score (nSPS) is 19.8. The van der Waals surface area contributed by atoms with E-state index in [0.717, 1.165) is 83.7 Å².